The first-order chi connectivity index (χ1) is 6.25. The number of nitrogens with zero attached hydrogens (tertiary/aromatic N) is 1. The normalized spacial score (nSPS) is 11.6. The first kappa shape index (κ1) is 13.5. The second-order valence-corrected chi connectivity index (χ2v) is 2.92. The molecule has 0 aliphatic rings. The molecule has 0 spiro atoms. The third-order valence-electron chi connectivity index (χ3n) is 1.87. The third-order valence-corrected chi connectivity index (χ3v) is 1.87. The van der Waals surface area contributed by atoms with Crippen molar-refractivity contribution in [2.45, 2.75) is 19.9 Å². The number of carbonyl (C=O) groups excluding carboxylic acids is 1. The topological polar surface area (TPSA) is 31.2 Å². The zero-order valence-electron chi connectivity index (χ0n) is 8.43. The SMILES string of the molecule is CC[N-]C(C(C)=O)c1ccccc1.[W]. The van der Waals surface area contributed by atoms with Crippen molar-refractivity contribution < 1.29 is 25.9 Å². The van der Waals surface area contributed by atoms with Crippen LogP contribution in [0.4, 0.5) is 0 Å². The summed E-state index contributed by atoms with van der Waals surface area (Å²) in [5, 5.41) is 4.24. The van der Waals surface area contributed by atoms with Crippen molar-refractivity contribution in [3.63, 3.8) is 0 Å². The van der Waals surface area contributed by atoms with Gasteiger partial charge >= 0.3 is 0 Å². The van der Waals surface area contributed by atoms with Crippen LogP contribution in [0.1, 0.15) is 25.5 Å². The Morgan fingerprint density at radius 3 is 2.36 bits per heavy atom. The van der Waals surface area contributed by atoms with E-state index in [2.05, 4.69) is 5.32 Å². The van der Waals surface area contributed by atoms with Gasteiger partial charge in [0.25, 0.3) is 0 Å². The van der Waals surface area contributed by atoms with Crippen LogP contribution in [0.2, 0.25) is 0 Å². The Bertz CT molecular complexity index is 274. The number of Topliss-reactive ketones (excluding diaryl/α,β-unsaturated/α-hetero) is 1. The molecule has 3 heteroatoms. The standard InChI is InChI=1S/C11H14NO.W/c1-3-12-11(9(2)13)10-7-5-4-6-8-10;/h4-8,11H,3H2,1-2H3;/q-1;. The number of ketones is 1. The quantitative estimate of drug-likeness (QED) is 0.813. The summed E-state index contributed by atoms with van der Waals surface area (Å²) in [4.78, 5) is 11.2. The molecule has 0 aliphatic heterocycles. The zero-order valence-corrected chi connectivity index (χ0v) is 11.4. The van der Waals surface area contributed by atoms with Crippen molar-refractivity contribution in [1.29, 1.82) is 0 Å². The average Bonchev–Trinajstić information content (AvgIpc) is 2.15. The fourth-order valence-electron chi connectivity index (χ4n) is 1.29. The molecule has 0 radical (unpaired) electrons. The molecule has 0 amide bonds. The molecule has 14 heavy (non-hydrogen) atoms. The summed E-state index contributed by atoms with van der Waals surface area (Å²) in [6.45, 7) is 4.20. The summed E-state index contributed by atoms with van der Waals surface area (Å²) in [6, 6.07) is 9.39. The number of hydrogen-bond acceptors (Lipinski definition) is 1. The fourth-order valence-corrected chi connectivity index (χ4v) is 1.29. The largest absolute Gasteiger partial charge is 0.650 e. The second kappa shape index (κ2) is 6.91. The predicted octanol–water partition coefficient (Wildman–Crippen LogP) is 2.71. The molecular weight excluding hydrogens is 346 g/mol. The summed E-state index contributed by atoms with van der Waals surface area (Å²) >= 11 is 0. The van der Waals surface area contributed by atoms with Crippen molar-refractivity contribution >= 4 is 5.78 Å². The number of likely N-dealkylation sites (N-methyl/N-ethyl adjacent to an activating group) is 1. The number of benzene rings is 1. The van der Waals surface area contributed by atoms with Crippen LogP contribution in [-0.4, -0.2) is 12.3 Å². The number of rotatable bonds is 4. The van der Waals surface area contributed by atoms with Gasteiger partial charge in [0, 0.05) is 21.1 Å². The van der Waals surface area contributed by atoms with Crippen LogP contribution < -0.4 is 0 Å². The van der Waals surface area contributed by atoms with Crippen LogP contribution in [-0.2, 0) is 25.9 Å². The Hall–Kier alpha value is -0.462. The van der Waals surface area contributed by atoms with E-state index in [0.717, 1.165) is 5.56 Å². The first-order valence-electron chi connectivity index (χ1n) is 4.47. The van der Waals surface area contributed by atoms with Gasteiger partial charge in [-0.15, -0.1) is 0 Å². The molecule has 0 N–H and O–H groups in total. The number of hydrogen-bond donors (Lipinski definition) is 0. The Morgan fingerprint density at radius 1 is 1.36 bits per heavy atom. The maximum Gasteiger partial charge on any atom is 0.116 e. The molecule has 2 nitrogen and oxygen atoms in total. The van der Waals surface area contributed by atoms with E-state index in [4.69, 9.17) is 0 Å². The molecule has 0 heterocycles. The summed E-state index contributed by atoms with van der Waals surface area (Å²) < 4.78 is 0. The van der Waals surface area contributed by atoms with Crippen molar-refractivity contribution in [2.24, 2.45) is 0 Å². The molecule has 0 saturated carbocycles. The minimum absolute atomic E-state index is 0. The van der Waals surface area contributed by atoms with Gasteiger partial charge in [-0.25, -0.2) is 0 Å². The summed E-state index contributed by atoms with van der Waals surface area (Å²) in [6.07, 6.45) is 0. The molecule has 1 atom stereocenters. The first-order valence-corrected chi connectivity index (χ1v) is 4.47. The molecule has 0 bridgehead atoms. The van der Waals surface area contributed by atoms with Gasteiger partial charge < -0.3 is 10.1 Å². The smallest absolute Gasteiger partial charge is 0.116 e. The van der Waals surface area contributed by atoms with E-state index in [-0.39, 0.29) is 32.9 Å². The fraction of sp³-hybridized carbons (Fsp3) is 0.364. The molecule has 1 unspecified atom stereocenters. The van der Waals surface area contributed by atoms with E-state index in [9.17, 15) is 4.79 Å². The van der Waals surface area contributed by atoms with Gasteiger partial charge in [-0.3, -0.25) is 0 Å². The van der Waals surface area contributed by atoms with Gasteiger partial charge in [0.05, 0.1) is 0 Å². The molecule has 1 rings (SSSR count). The Labute approximate surface area is 99.4 Å². The minimum Gasteiger partial charge on any atom is -0.650 e. The second-order valence-electron chi connectivity index (χ2n) is 2.92. The van der Waals surface area contributed by atoms with Crippen LogP contribution in [0.15, 0.2) is 30.3 Å². The Kier molecular flexibility index (Phi) is 6.69. The average molecular weight is 360 g/mol. The monoisotopic (exact) mass is 360 g/mol. The summed E-state index contributed by atoms with van der Waals surface area (Å²) in [5.41, 5.74) is 0.983. The molecular formula is C11H14NOW-. The molecule has 0 aliphatic carbocycles. The molecule has 0 fully saturated rings. The van der Waals surface area contributed by atoms with E-state index < -0.39 is 0 Å². The zero-order chi connectivity index (χ0) is 9.68. The third kappa shape index (κ3) is 3.73. The van der Waals surface area contributed by atoms with E-state index in [1.807, 2.05) is 37.3 Å². The van der Waals surface area contributed by atoms with Crippen molar-refractivity contribution in [3.8, 4) is 0 Å². The van der Waals surface area contributed by atoms with Gasteiger partial charge in [0.2, 0.25) is 0 Å². The maximum absolute atomic E-state index is 11.2. The van der Waals surface area contributed by atoms with Crippen molar-refractivity contribution in [3.05, 3.63) is 41.2 Å². The van der Waals surface area contributed by atoms with Gasteiger partial charge in [0.1, 0.15) is 5.78 Å². The van der Waals surface area contributed by atoms with Crippen LogP contribution in [0.25, 0.3) is 5.32 Å². The van der Waals surface area contributed by atoms with E-state index in [1.165, 1.54) is 0 Å². The van der Waals surface area contributed by atoms with Gasteiger partial charge in [-0.1, -0.05) is 42.8 Å². The van der Waals surface area contributed by atoms with Crippen LogP contribution in [0, 0.1) is 0 Å². The maximum atomic E-state index is 11.2. The summed E-state index contributed by atoms with van der Waals surface area (Å²) in [5.74, 6) is 0.105. The number of carbonyl (C=O) groups is 1. The van der Waals surface area contributed by atoms with Crippen LogP contribution in [0.3, 0.4) is 0 Å². The molecule has 76 valence electrons. The van der Waals surface area contributed by atoms with Gasteiger partial charge in [-0.05, 0) is 13.0 Å². The summed E-state index contributed by atoms with van der Waals surface area (Å²) in [7, 11) is 0. The van der Waals surface area contributed by atoms with Crippen LogP contribution in [0.5, 0.6) is 0 Å². The van der Waals surface area contributed by atoms with E-state index >= 15 is 0 Å². The Balaban J connectivity index is 0.00000169. The molecule has 0 aromatic heterocycles. The molecule has 1 aromatic rings. The molecule has 0 saturated heterocycles. The minimum atomic E-state index is -0.272. The predicted molar refractivity (Wildman–Crippen MR) is 53.8 cm³/mol. The van der Waals surface area contributed by atoms with Gasteiger partial charge in [0.15, 0.2) is 0 Å². The van der Waals surface area contributed by atoms with E-state index in [0.29, 0.717) is 6.54 Å². The van der Waals surface area contributed by atoms with E-state index in [1.54, 1.807) is 6.92 Å². The molecule has 1 aromatic carbocycles. The van der Waals surface area contributed by atoms with Crippen molar-refractivity contribution in [2.75, 3.05) is 6.54 Å². The van der Waals surface area contributed by atoms with Crippen LogP contribution >= 0.6 is 0 Å². The van der Waals surface area contributed by atoms with Gasteiger partial charge in [-0.2, -0.15) is 6.54 Å². The van der Waals surface area contributed by atoms with Crippen molar-refractivity contribution in [1.82, 2.24) is 0 Å². The Morgan fingerprint density at radius 2 is 1.93 bits per heavy atom.